The largest absolute Gasteiger partial charge is 0.348 e. The molecule has 0 bridgehead atoms. The van der Waals surface area contributed by atoms with E-state index in [0.29, 0.717) is 12.0 Å². The molecule has 160 valence electrons. The van der Waals surface area contributed by atoms with Crippen LogP contribution < -0.4 is 5.32 Å². The third kappa shape index (κ3) is 18.3. The molecule has 1 atom stereocenters. The van der Waals surface area contributed by atoms with Crippen LogP contribution in [-0.2, 0) is 14.9 Å². The van der Waals surface area contributed by atoms with Crippen molar-refractivity contribution in [2.75, 3.05) is 5.75 Å². The monoisotopic (exact) mass is 403 g/mol. The molecule has 0 aromatic carbocycles. The van der Waals surface area contributed by atoms with Gasteiger partial charge in [0.1, 0.15) is 0 Å². The van der Waals surface area contributed by atoms with Crippen molar-refractivity contribution in [3.8, 4) is 0 Å². The molecule has 0 aliphatic rings. The van der Waals surface area contributed by atoms with E-state index in [9.17, 15) is 13.2 Å². The SMILES string of the molecule is C=C(C)C(=O)NC(CCCCCCCCCCCCCCC)CS(=O)(=O)O. The first-order chi connectivity index (χ1) is 12.8. The molecule has 0 saturated carbocycles. The van der Waals surface area contributed by atoms with Gasteiger partial charge in [-0.3, -0.25) is 9.35 Å². The third-order valence-electron chi connectivity index (χ3n) is 4.79. The smallest absolute Gasteiger partial charge is 0.266 e. The van der Waals surface area contributed by atoms with Crippen LogP contribution in [0.5, 0.6) is 0 Å². The number of amides is 1. The molecule has 0 fully saturated rings. The van der Waals surface area contributed by atoms with Gasteiger partial charge in [-0.2, -0.15) is 8.42 Å². The molecule has 0 aromatic rings. The quantitative estimate of drug-likeness (QED) is 0.182. The van der Waals surface area contributed by atoms with Gasteiger partial charge in [-0.15, -0.1) is 0 Å². The first-order valence-corrected chi connectivity index (χ1v) is 12.3. The minimum Gasteiger partial charge on any atom is -0.348 e. The van der Waals surface area contributed by atoms with Gasteiger partial charge in [0.25, 0.3) is 10.1 Å². The summed E-state index contributed by atoms with van der Waals surface area (Å²) in [5, 5.41) is 2.64. The number of hydrogen-bond donors (Lipinski definition) is 2. The highest BCUT2D eigenvalue weighted by atomic mass is 32.2. The van der Waals surface area contributed by atoms with E-state index in [1.165, 1.54) is 64.2 Å². The molecule has 0 aliphatic carbocycles. The van der Waals surface area contributed by atoms with Crippen LogP contribution in [0.2, 0.25) is 0 Å². The van der Waals surface area contributed by atoms with Crippen molar-refractivity contribution < 1.29 is 17.8 Å². The summed E-state index contributed by atoms with van der Waals surface area (Å²) < 4.78 is 31.3. The molecule has 0 rings (SSSR count). The highest BCUT2D eigenvalue weighted by Gasteiger charge is 2.19. The standard InChI is InChI=1S/C21H41NO4S/c1-4-5-6-7-8-9-10-11-12-13-14-15-16-17-20(18-27(24,25)26)22-21(23)19(2)3/h20H,2,4-18H2,1,3H3,(H,22,23)(H,24,25,26). The van der Waals surface area contributed by atoms with Crippen molar-refractivity contribution in [3.63, 3.8) is 0 Å². The molecule has 0 radical (unpaired) electrons. The molecular weight excluding hydrogens is 362 g/mol. The lowest BCUT2D eigenvalue weighted by atomic mass is 10.0. The first kappa shape index (κ1) is 26.1. The Balaban J connectivity index is 3.73. The number of rotatable bonds is 18. The van der Waals surface area contributed by atoms with Crippen molar-refractivity contribution in [3.05, 3.63) is 12.2 Å². The van der Waals surface area contributed by atoms with Crippen LogP contribution >= 0.6 is 0 Å². The molecule has 0 aromatic heterocycles. The second-order valence-corrected chi connectivity index (χ2v) is 9.23. The Morgan fingerprint density at radius 3 is 1.67 bits per heavy atom. The van der Waals surface area contributed by atoms with Crippen molar-refractivity contribution in [2.24, 2.45) is 0 Å². The van der Waals surface area contributed by atoms with Gasteiger partial charge in [0, 0.05) is 11.6 Å². The summed E-state index contributed by atoms with van der Waals surface area (Å²) >= 11 is 0. The van der Waals surface area contributed by atoms with Crippen LogP contribution in [0.1, 0.15) is 104 Å². The Morgan fingerprint density at radius 1 is 0.889 bits per heavy atom. The number of unbranched alkanes of at least 4 members (excludes halogenated alkanes) is 12. The van der Waals surface area contributed by atoms with Gasteiger partial charge in [0.05, 0.1) is 5.75 Å². The number of hydrogen-bond acceptors (Lipinski definition) is 3. The highest BCUT2D eigenvalue weighted by Crippen LogP contribution is 2.14. The summed E-state index contributed by atoms with van der Waals surface area (Å²) in [4.78, 5) is 11.7. The predicted octanol–water partition coefficient (Wildman–Crippen LogP) is 5.42. The number of nitrogens with one attached hydrogen (secondary N) is 1. The lowest BCUT2D eigenvalue weighted by Crippen LogP contribution is -2.40. The van der Waals surface area contributed by atoms with E-state index in [1.54, 1.807) is 6.92 Å². The minimum absolute atomic E-state index is 0.334. The van der Waals surface area contributed by atoms with Gasteiger partial charge in [0.15, 0.2) is 0 Å². The summed E-state index contributed by atoms with van der Waals surface area (Å²) in [5.41, 5.74) is 0.334. The molecule has 2 N–H and O–H groups in total. The minimum atomic E-state index is -4.11. The molecule has 0 aliphatic heterocycles. The normalized spacial score (nSPS) is 12.7. The maximum Gasteiger partial charge on any atom is 0.266 e. The van der Waals surface area contributed by atoms with Crippen LogP contribution in [0.15, 0.2) is 12.2 Å². The Morgan fingerprint density at radius 2 is 1.30 bits per heavy atom. The zero-order chi connectivity index (χ0) is 20.5. The second-order valence-electron chi connectivity index (χ2n) is 7.73. The fourth-order valence-corrected chi connectivity index (χ4v) is 3.93. The van der Waals surface area contributed by atoms with Gasteiger partial charge in [-0.25, -0.2) is 0 Å². The molecular formula is C21H41NO4S. The fraction of sp³-hybridized carbons (Fsp3) is 0.857. The maximum atomic E-state index is 11.7. The van der Waals surface area contributed by atoms with Crippen LogP contribution in [0.4, 0.5) is 0 Å². The number of carbonyl (C=O) groups excluding carboxylic acids is 1. The zero-order valence-corrected chi connectivity index (χ0v) is 18.3. The van der Waals surface area contributed by atoms with E-state index < -0.39 is 21.9 Å². The molecule has 5 nitrogen and oxygen atoms in total. The van der Waals surface area contributed by atoms with Crippen LogP contribution in [0, 0.1) is 0 Å². The van der Waals surface area contributed by atoms with Gasteiger partial charge in [-0.1, -0.05) is 97.0 Å². The van der Waals surface area contributed by atoms with Crippen LogP contribution in [-0.4, -0.2) is 30.7 Å². The van der Waals surface area contributed by atoms with E-state index in [1.807, 2.05) is 0 Å². The number of carbonyl (C=O) groups is 1. The molecule has 0 spiro atoms. The van der Waals surface area contributed by atoms with Gasteiger partial charge in [0.2, 0.25) is 5.91 Å². The Bertz CT molecular complexity index is 502. The topological polar surface area (TPSA) is 83.5 Å². The third-order valence-corrected chi connectivity index (χ3v) is 5.61. The molecule has 6 heteroatoms. The Labute approximate surface area is 167 Å². The summed E-state index contributed by atoms with van der Waals surface area (Å²) in [6, 6.07) is -0.558. The summed E-state index contributed by atoms with van der Waals surface area (Å²) in [5.74, 6) is -0.803. The first-order valence-electron chi connectivity index (χ1n) is 10.7. The van der Waals surface area contributed by atoms with Gasteiger partial charge in [-0.05, 0) is 13.3 Å². The molecule has 1 amide bonds. The Hall–Kier alpha value is -0.880. The van der Waals surface area contributed by atoms with Gasteiger partial charge >= 0.3 is 0 Å². The lowest BCUT2D eigenvalue weighted by molar-refractivity contribution is -0.118. The van der Waals surface area contributed by atoms with E-state index >= 15 is 0 Å². The molecule has 0 saturated heterocycles. The lowest BCUT2D eigenvalue weighted by Gasteiger charge is -2.17. The predicted molar refractivity (Wildman–Crippen MR) is 113 cm³/mol. The van der Waals surface area contributed by atoms with Crippen molar-refractivity contribution in [1.29, 1.82) is 0 Å². The van der Waals surface area contributed by atoms with Crippen LogP contribution in [0.3, 0.4) is 0 Å². The van der Waals surface area contributed by atoms with E-state index in [2.05, 4.69) is 18.8 Å². The van der Waals surface area contributed by atoms with Gasteiger partial charge < -0.3 is 5.32 Å². The molecule has 1 unspecified atom stereocenters. The van der Waals surface area contributed by atoms with E-state index in [-0.39, 0.29) is 5.91 Å². The highest BCUT2D eigenvalue weighted by molar-refractivity contribution is 7.85. The van der Waals surface area contributed by atoms with E-state index in [4.69, 9.17) is 4.55 Å². The average molecular weight is 404 g/mol. The van der Waals surface area contributed by atoms with Crippen molar-refractivity contribution in [2.45, 2.75) is 110 Å². The summed E-state index contributed by atoms with van der Waals surface area (Å²) in [7, 11) is -4.11. The van der Waals surface area contributed by atoms with Crippen molar-refractivity contribution in [1.82, 2.24) is 5.32 Å². The summed E-state index contributed by atoms with van der Waals surface area (Å²) in [6.45, 7) is 7.37. The average Bonchev–Trinajstić information content (AvgIpc) is 2.57. The zero-order valence-electron chi connectivity index (χ0n) is 17.5. The second kappa shape index (κ2) is 16.1. The molecule has 27 heavy (non-hydrogen) atoms. The van der Waals surface area contributed by atoms with Crippen molar-refractivity contribution >= 4 is 16.0 Å². The molecule has 0 heterocycles. The van der Waals surface area contributed by atoms with E-state index in [0.717, 1.165) is 19.3 Å². The van der Waals surface area contributed by atoms with Crippen LogP contribution in [0.25, 0.3) is 0 Å². The fourth-order valence-electron chi connectivity index (χ4n) is 3.17. The summed E-state index contributed by atoms with van der Waals surface area (Å²) in [6.07, 6.45) is 16.8. The maximum absolute atomic E-state index is 11.7. The Kier molecular flexibility index (Phi) is 15.6.